The minimum absolute atomic E-state index is 0.0192. The van der Waals surface area contributed by atoms with Crippen molar-refractivity contribution in [2.75, 3.05) is 18.9 Å². The molecule has 0 aliphatic rings. The van der Waals surface area contributed by atoms with Crippen molar-refractivity contribution in [2.45, 2.75) is 19.1 Å². The molecule has 1 heterocycles. The highest BCUT2D eigenvalue weighted by Crippen LogP contribution is 2.28. The molecule has 0 spiro atoms. The van der Waals surface area contributed by atoms with Crippen LogP contribution in [0, 0.1) is 0 Å². The van der Waals surface area contributed by atoms with Crippen LogP contribution >= 0.6 is 0 Å². The topological polar surface area (TPSA) is 46.2 Å². The first-order chi connectivity index (χ1) is 12.9. The summed E-state index contributed by atoms with van der Waals surface area (Å²) < 4.78 is 6.43. The summed E-state index contributed by atoms with van der Waals surface area (Å²) >= 11 is 0. The Kier molecular flexibility index (Phi) is 6.62. The van der Waals surface area contributed by atoms with E-state index < -0.39 is 0 Å². The second kappa shape index (κ2) is 9.59. The molecule has 2 aromatic carbocycles. The van der Waals surface area contributed by atoms with Crippen molar-refractivity contribution in [3.8, 4) is 5.75 Å². The summed E-state index contributed by atoms with van der Waals surface area (Å²) in [5.74, 6) is 0.916. The number of para-hydroxylation sites is 1. The van der Waals surface area contributed by atoms with E-state index in [0.717, 1.165) is 30.0 Å². The van der Waals surface area contributed by atoms with Gasteiger partial charge in [-0.1, -0.05) is 48.5 Å². The third-order valence-corrected chi connectivity index (χ3v) is 4.23. The first-order valence-electron chi connectivity index (χ1n) is 8.95. The molecule has 0 aliphatic heterocycles. The third kappa shape index (κ3) is 5.07. The zero-order chi connectivity index (χ0) is 18.0. The first kappa shape index (κ1) is 18.0. The Labute approximate surface area is 155 Å². The second-order valence-electron chi connectivity index (χ2n) is 6.11. The summed E-state index contributed by atoms with van der Waals surface area (Å²) in [5.41, 5.74) is 3.37. The smallest absolute Gasteiger partial charge is 0.125 e. The van der Waals surface area contributed by atoms with Crippen molar-refractivity contribution in [2.24, 2.45) is 0 Å². The fourth-order valence-corrected chi connectivity index (χ4v) is 2.82. The lowest BCUT2D eigenvalue weighted by Gasteiger charge is -2.22. The lowest BCUT2D eigenvalue weighted by molar-refractivity contribution is 0.193. The number of hydrogen-bond donors (Lipinski definition) is 2. The molecule has 0 aliphatic carbocycles. The predicted molar refractivity (Wildman–Crippen MR) is 106 cm³/mol. The molecule has 0 bridgehead atoms. The molecular weight excluding hydrogens is 322 g/mol. The number of nitrogens with one attached hydrogen (secondary N) is 2. The molecule has 3 aromatic rings. The van der Waals surface area contributed by atoms with Gasteiger partial charge in [-0.15, -0.1) is 0 Å². The van der Waals surface area contributed by atoms with Crippen molar-refractivity contribution in [3.63, 3.8) is 0 Å². The molecule has 4 heteroatoms. The predicted octanol–water partition coefficient (Wildman–Crippen LogP) is 4.42. The largest absolute Gasteiger partial charge is 0.485 e. The van der Waals surface area contributed by atoms with Gasteiger partial charge in [0.1, 0.15) is 11.9 Å². The van der Waals surface area contributed by atoms with Gasteiger partial charge in [-0.3, -0.25) is 4.98 Å². The van der Waals surface area contributed by atoms with Crippen LogP contribution in [0.15, 0.2) is 79.1 Å². The number of rotatable bonds is 9. The lowest BCUT2D eigenvalue weighted by Crippen LogP contribution is -2.17. The van der Waals surface area contributed by atoms with E-state index in [1.807, 2.05) is 43.4 Å². The highest BCUT2D eigenvalue weighted by Gasteiger charge is 2.14. The van der Waals surface area contributed by atoms with E-state index in [1.54, 1.807) is 12.4 Å². The number of nitrogens with zero attached hydrogens (tertiary/aromatic N) is 1. The van der Waals surface area contributed by atoms with Gasteiger partial charge in [-0.05, 0) is 37.4 Å². The first-order valence-corrected chi connectivity index (χ1v) is 8.95. The van der Waals surface area contributed by atoms with Gasteiger partial charge in [0.15, 0.2) is 0 Å². The molecule has 26 heavy (non-hydrogen) atoms. The van der Waals surface area contributed by atoms with Gasteiger partial charge in [0, 0.05) is 36.6 Å². The maximum atomic E-state index is 6.43. The van der Waals surface area contributed by atoms with Crippen LogP contribution in [0.1, 0.15) is 23.7 Å². The average Bonchev–Trinajstić information content (AvgIpc) is 2.71. The quantitative estimate of drug-likeness (QED) is 0.601. The Morgan fingerprint density at radius 2 is 1.65 bits per heavy atom. The van der Waals surface area contributed by atoms with E-state index in [1.165, 1.54) is 5.56 Å². The van der Waals surface area contributed by atoms with Gasteiger partial charge >= 0.3 is 0 Å². The molecule has 0 amide bonds. The minimum Gasteiger partial charge on any atom is -0.485 e. The van der Waals surface area contributed by atoms with Crippen LogP contribution in [-0.2, 0) is 6.54 Å². The van der Waals surface area contributed by atoms with Crippen molar-refractivity contribution < 1.29 is 4.74 Å². The van der Waals surface area contributed by atoms with E-state index >= 15 is 0 Å². The summed E-state index contributed by atoms with van der Waals surface area (Å²) in [6.07, 6.45) is 4.50. The molecule has 0 saturated carbocycles. The van der Waals surface area contributed by atoms with Crippen LogP contribution in [0.2, 0.25) is 0 Å². The van der Waals surface area contributed by atoms with E-state index in [9.17, 15) is 0 Å². The highest BCUT2D eigenvalue weighted by atomic mass is 16.5. The van der Waals surface area contributed by atoms with Gasteiger partial charge in [-0.2, -0.15) is 0 Å². The Balaban J connectivity index is 1.74. The van der Waals surface area contributed by atoms with Gasteiger partial charge in [-0.25, -0.2) is 0 Å². The summed E-state index contributed by atoms with van der Waals surface area (Å²) in [6.45, 7) is 1.60. The fourth-order valence-electron chi connectivity index (χ4n) is 2.82. The summed E-state index contributed by atoms with van der Waals surface area (Å²) in [4.78, 5) is 4.05. The fraction of sp³-hybridized carbons (Fsp3) is 0.227. The minimum atomic E-state index is 0.0192. The SMILES string of the molecule is CNCCC(Oc1ccccc1CNc1ccncc1)c1ccccc1. The number of ether oxygens (including phenoxy) is 1. The van der Waals surface area contributed by atoms with E-state index in [2.05, 4.69) is 45.9 Å². The summed E-state index contributed by atoms with van der Waals surface area (Å²) in [7, 11) is 1.97. The lowest BCUT2D eigenvalue weighted by atomic mass is 10.1. The average molecular weight is 347 g/mol. The van der Waals surface area contributed by atoms with Crippen molar-refractivity contribution in [1.29, 1.82) is 0 Å². The summed E-state index contributed by atoms with van der Waals surface area (Å²) in [5, 5.41) is 6.64. The number of hydrogen-bond acceptors (Lipinski definition) is 4. The number of benzene rings is 2. The molecule has 0 saturated heterocycles. The molecule has 0 fully saturated rings. The monoisotopic (exact) mass is 347 g/mol. The van der Waals surface area contributed by atoms with Crippen LogP contribution < -0.4 is 15.4 Å². The van der Waals surface area contributed by atoms with Crippen LogP contribution in [-0.4, -0.2) is 18.6 Å². The molecule has 4 nitrogen and oxygen atoms in total. The van der Waals surface area contributed by atoms with Gasteiger partial charge in [0.05, 0.1) is 0 Å². The molecule has 134 valence electrons. The molecule has 1 atom stereocenters. The molecular formula is C22H25N3O. The highest BCUT2D eigenvalue weighted by molar-refractivity contribution is 5.44. The standard InChI is InChI=1S/C22H25N3O/c1-23-14-13-22(18-7-3-2-4-8-18)26-21-10-6-5-9-19(21)17-25-20-11-15-24-16-12-20/h2-12,15-16,22-23H,13-14,17H2,1H3,(H,24,25). The zero-order valence-corrected chi connectivity index (χ0v) is 15.1. The molecule has 0 radical (unpaired) electrons. The van der Waals surface area contributed by atoms with Gasteiger partial charge in [0.2, 0.25) is 0 Å². The molecule has 1 unspecified atom stereocenters. The van der Waals surface area contributed by atoms with Crippen LogP contribution in [0.5, 0.6) is 5.75 Å². The Hall–Kier alpha value is -2.85. The van der Waals surface area contributed by atoms with E-state index in [-0.39, 0.29) is 6.10 Å². The van der Waals surface area contributed by atoms with Crippen LogP contribution in [0.3, 0.4) is 0 Å². The van der Waals surface area contributed by atoms with Crippen molar-refractivity contribution >= 4 is 5.69 Å². The van der Waals surface area contributed by atoms with Gasteiger partial charge in [0.25, 0.3) is 0 Å². The molecule has 2 N–H and O–H groups in total. The molecule has 1 aromatic heterocycles. The number of pyridine rings is 1. The maximum absolute atomic E-state index is 6.43. The third-order valence-electron chi connectivity index (χ3n) is 4.23. The summed E-state index contributed by atoms with van der Waals surface area (Å²) in [6, 6.07) is 22.5. The number of anilines is 1. The maximum Gasteiger partial charge on any atom is 0.125 e. The van der Waals surface area contributed by atoms with E-state index in [0.29, 0.717) is 6.54 Å². The van der Waals surface area contributed by atoms with Crippen LogP contribution in [0.25, 0.3) is 0 Å². The normalized spacial score (nSPS) is 11.7. The Morgan fingerprint density at radius 3 is 2.42 bits per heavy atom. The van der Waals surface area contributed by atoms with Gasteiger partial charge < -0.3 is 15.4 Å². The zero-order valence-electron chi connectivity index (χ0n) is 15.1. The van der Waals surface area contributed by atoms with Crippen LogP contribution in [0.4, 0.5) is 5.69 Å². The van der Waals surface area contributed by atoms with Crippen molar-refractivity contribution in [1.82, 2.24) is 10.3 Å². The van der Waals surface area contributed by atoms with Crippen molar-refractivity contribution in [3.05, 3.63) is 90.3 Å². The number of aromatic nitrogens is 1. The second-order valence-corrected chi connectivity index (χ2v) is 6.11. The molecule has 3 rings (SSSR count). The Morgan fingerprint density at radius 1 is 0.923 bits per heavy atom. The Bertz CT molecular complexity index is 778. The van der Waals surface area contributed by atoms with E-state index in [4.69, 9.17) is 4.74 Å².